The van der Waals surface area contributed by atoms with Gasteiger partial charge in [-0.3, -0.25) is 9.78 Å². The number of carbonyl (C=O) groups is 1. The van der Waals surface area contributed by atoms with Crippen LogP contribution in [0.15, 0.2) is 36.5 Å². The Kier molecular flexibility index (Phi) is 2.78. The van der Waals surface area contributed by atoms with Crippen LogP contribution in [0.25, 0.3) is 0 Å². The highest BCUT2D eigenvalue weighted by atomic mass is 19.1. The number of halogens is 1. The van der Waals surface area contributed by atoms with Gasteiger partial charge < -0.3 is 4.90 Å². The smallest absolute Gasteiger partial charge is 0.178 e. The minimum atomic E-state index is -0.237. The van der Waals surface area contributed by atoms with E-state index in [-0.39, 0.29) is 11.6 Å². The van der Waals surface area contributed by atoms with Crippen LogP contribution in [0.3, 0.4) is 0 Å². The van der Waals surface area contributed by atoms with Crippen molar-refractivity contribution in [1.29, 1.82) is 0 Å². The number of nitrogens with zero attached hydrogens (tertiary/aromatic N) is 2. The van der Waals surface area contributed by atoms with Crippen molar-refractivity contribution in [1.82, 2.24) is 4.98 Å². The van der Waals surface area contributed by atoms with E-state index in [1.807, 2.05) is 17.0 Å². The standard InChI is InChI=1S/C15H13FN2O/c1-10(19)14-5-4-13(9-17-14)18-7-6-11-2-3-12(16)8-15(11)18/h2-5,8-9H,6-7H2,1H3. The summed E-state index contributed by atoms with van der Waals surface area (Å²) in [6.07, 6.45) is 2.56. The zero-order valence-electron chi connectivity index (χ0n) is 10.6. The largest absolute Gasteiger partial charge is 0.340 e. The molecule has 3 nitrogen and oxygen atoms in total. The SMILES string of the molecule is CC(=O)c1ccc(N2CCc3ccc(F)cc32)cn1. The van der Waals surface area contributed by atoms with Gasteiger partial charge in [0, 0.05) is 19.2 Å². The van der Waals surface area contributed by atoms with Gasteiger partial charge in [0.1, 0.15) is 11.5 Å². The van der Waals surface area contributed by atoms with Crippen LogP contribution in [0.5, 0.6) is 0 Å². The van der Waals surface area contributed by atoms with E-state index in [9.17, 15) is 9.18 Å². The summed E-state index contributed by atoms with van der Waals surface area (Å²) in [5.41, 5.74) is 3.35. The number of carbonyl (C=O) groups excluding carboxylic acids is 1. The molecule has 0 unspecified atom stereocenters. The molecule has 1 aromatic carbocycles. The van der Waals surface area contributed by atoms with Gasteiger partial charge in [0.2, 0.25) is 0 Å². The molecule has 0 atom stereocenters. The lowest BCUT2D eigenvalue weighted by atomic mass is 10.1. The van der Waals surface area contributed by atoms with Gasteiger partial charge in [-0.25, -0.2) is 4.39 Å². The zero-order chi connectivity index (χ0) is 13.4. The van der Waals surface area contributed by atoms with Crippen molar-refractivity contribution in [3.63, 3.8) is 0 Å². The predicted molar refractivity (Wildman–Crippen MR) is 71.4 cm³/mol. The van der Waals surface area contributed by atoms with Crippen molar-refractivity contribution in [2.75, 3.05) is 11.4 Å². The van der Waals surface area contributed by atoms with Crippen molar-refractivity contribution in [3.05, 3.63) is 53.6 Å². The summed E-state index contributed by atoms with van der Waals surface area (Å²) in [5.74, 6) is -0.293. The van der Waals surface area contributed by atoms with E-state index in [4.69, 9.17) is 0 Å². The lowest BCUT2D eigenvalue weighted by Gasteiger charge is -2.19. The van der Waals surface area contributed by atoms with Crippen molar-refractivity contribution < 1.29 is 9.18 Å². The Morgan fingerprint density at radius 3 is 2.84 bits per heavy atom. The fourth-order valence-corrected chi connectivity index (χ4v) is 2.37. The summed E-state index contributed by atoms with van der Waals surface area (Å²) < 4.78 is 13.3. The quantitative estimate of drug-likeness (QED) is 0.774. The Morgan fingerprint density at radius 2 is 2.16 bits per heavy atom. The van der Waals surface area contributed by atoms with E-state index in [1.54, 1.807) is 18.3 Å². The molecule has 0 N–H and O–H groups in total. The Labute approximate surface area is 110 Å². The van der Waals surface area contributed by atoms with Gasteiger partial charge in [-0.2, -0.15) is 0 Å². The number of pyridine rings is 1. The highest BCUT2D eigenvalue weighted by Gasteiger charge is 2.21. The minimum Gasteiger partial charge on any atom is -0.340 e. The number of anilines is 2. The molecule has 0 aliphatic carbocycles. The number of aromatic nitrogens is 1. The fourth-order valence-electron chi connectivity index (χ4n) is 2.37. The topological polar surface area (TPSA) is 33.2 Å². The van der Waals surface area contributed by atoms with E-state index >= 15 is 0 Å². The van der Waals surface area contributed by atoms with E-state index in [0.29, 0.717) is 5.69 Å². The van der Waals surface area contributed by atoms with Gasteiger partial charge in [0.05, 0.1) is 11.9 Å². The van der Waals surface area contributed by atoms with Crippen LogP contribution >= 0.6 is 0 Å². The second-order valence-corrected chi connectivity index (χ2v) is 4.63. The van der Waals surface area contributed by atoms with Gasteiger partial charge in [-0.15, -0.1) is 0 Å². The molecule has 19 heavy (non-hydrogen) atoms. The van der Waals surface area contributed by atoms with Crippen LogP contribution in [-0.2, 0) is 6.42 Å². The van der Waals surface area contributed by atoms with Gasteiger partial charge >= 0.3 is 0 Å². The van der Waals surface area contributed by atoms with Crippen LogP contribution in [-0.4, -0.2) is 17.3 Å². The van der Waals surface area contributed by atoms with Crippen molar-refractivity contribution >= 4 is 17.2 Å². The molecule has 0 radical (unpaired) electrons. The van der Waals surface area contributed by atoms with Crippen LogP contribution < -0.4 is 4.90 Å². The molecule has 1 aliphatic rings. The molecule has 4 heteroatoms. The normalized spacial score (nSPS) is 13.5. The number of hydrogen-bond donors (Lipinski definition) is 0. The number of rotatable bonds is 2. The second kappa shape index (κ2) is 4.46. The molecule has 0 amide bonds. The third kappa shape index (κ3) is 2.10. The number of ketones is 1. The molecule has 0 saturated heterocycles. The van der Waals surface area contributed by atoms with E-state index in [0.717, 1.165) is 29.9 Å². The summed E-state index contributed by atoms with van der Waals surface area (Å²) >= 11 is 0. The maximum absolute atomic E-state index is 13.3. The lowest BCUT2D eigenvalue weighted by molar-refractivity contribution is 0.101. The molecular weight excluding hydrogens is 243 g/mol. The monoisotopic (exact) mass is 256 g/mol. The molecule has 1 aliphatic heterocycles. The molecule has 1 aromatic heterocycles. The molecular formula is C15H13FN2O. The fraction of sp³-hybridized carbons (Fsp3) is 0.200. The molecule has 0 fully saturated rings. The summed E-state index contributed by atoms with van der Waals surface area (Å²) in [6, 6.07) is 8.40. The summed E-state index contributed by atoms with van der Waals surface area (Å²) in [4.78, 5) is 17.4. The first-order valence-corrected chi connectivity index (χ1v) is 6.18. The first-order valence-electron chi connectivity index (χ1n) is 6.18. The average molecular weight is 256 g/mol. The third-order valence-corrected chi connectivity index (χ3v) is 3.36. The summed E-state index contributed by atoms with van der Waals surface area (Å²) in [5, 5.41) is 0. The van der Waals surface area contributed by atoms with E-state index in [2.05, 4.69) is 4.98 Å². The number of benzene rings is 1. The number of Topliss-reactive ketones (excluding diaryl/α,β-unsaturated/α-hetero) is 1. The Balaban J connectivity index is 1.97. The van der Waals surface area contributed by atoms with Crippen LogP contribution in [0.2, 0.25) is 0 Å². The van der Waals surface area contributed by atoms with Crippen LogP contribution in [0, 0.1) is 5.82 Å². The van der Waals surface area contributed by atoms with Crippen LogP contribution in [0.1, 0.15) is 23.0 Å². The number of hydrogen-bond acceptors (Lipinski definition) is 3. The molecule has 0 saturated carbocycles. The highest BCUT2D eigenvalue weighted by Crippen LogP contribution is 2.34. The first kappa shape index (κ1) is 11.8. The summed E-state index contributed by atoms with van der Waals surface area (Å²) in [6.45, 7) is 2.29. The molecule has 2 aromatic rings. The van der Waals surface area contributed by atoms with Crippen molar-refractivity contribution in [2.24, 2.45) is 0 Å². The maximum atomic E-state index is 13.3. The minimum absolute atomic E-state index is 0.0561. The third-order valence-electron chi connectivity index (χ3n) is 3.36. The molecule has 0 bridgehead atoms. The first-order chi connectivity index (χ1) is 9.15. The highest BCUT2D eigenvalue weighted by molar-refractivity contribution is 5.92. The van der Waals surface area contributed by atoms with Gasteiger partial charge in [0.25, 0.3) is 0 Å². The molecule has 96 valence electrons. The molecule has 2 heterocycles. The van der Waals surface area contributed by atoms with Crippen molar-refractivity contribution in [3.8, 4) is 0 Å². The Hall–Kier alpha value is -2.23. The Bertz CT molecular complexity index is 637. The molecule has 0 spiro atoms. The summed E-state index contributed by atoms with van der Waals surface area (Å²) in [7, 11) is 0. The Morgan fingerprint density at radius 1 is 1.32 bits per heavy atom. The molecule has 3 rings (SSSR count). The van der Waals surface area contributed by atoms with Crippen molar-refractivity contribution in [2.45, 2.75) is 13.3 Å². The number of fused-ring (bicyclic) bond motifs is 1. The van der Waals surface area contributed by atoms with Gasteiger partial charge in [0.15, 0.2) is 5.78 Å². The van der Waals surface area contributed by atoms with Crippen LogP contribution in [0.4, 0.5) is 15.8 Å². The van der Waals surface area contributed by atoms with Gasteiger partial charge in [-0.05, 0) is 36.2 Å². The lowest BCUT2D eigenvalue weighted by Crippen LogP contribution is -2.14. The average Bonchev–Trinajstić information content (AvgIpc) is 2.81. The van der Waals surface area contributed by atoms with E-state index in [1.165, 1.54) is 13.0 Å². The van der Waals surface area contributed by atoms with E-state index < -0.39 is 0 Å². The zero-order valence-corrected chi connectivity index (χ0v) is 10.6. The second-order valence-electron chi connectivity index (χ2n) is 4.63. The maximum Gasteiger partial charge on any atom is 0.178 e. The van der Waals surface area contributed by atoms with Gasteiger partial charge in [-0.1, -0.05) is 6.07 Å². The predicted octanol–water partition coefficient (Wildman–Crippen LogP) is 3.12.